The van der Waals surface area contributed by atoms with Crippen LogP contribution in [0.3, 0.4) is 0 Å². The highest BCUT2D eigenvalue weighted by molar-refractivity contribution is 7.16. The van der Waals surface area contributed by atoms with E-state index in [1.54, 1.807) is 24.3 Å². The highest BCUT2D eigenvalue weighted by Crippen LogP contribution is 2.45. The summed E-state index contributed by atoms with van der Waals surface area (Å²) in [6, 6.07) is 10.4. The summed E-state index contributed by atoms with van der Waals surface area (Å²) in [4.78, 5) is 26.1. The minimum Gasteiger partial charge on any atom is -0.423 e. The van der Waals surface area contributed by atoms with Crippen LogP contribution in [-0.2, 0) is 12.8 Å². The van der Waals surface area contributed by atoms with Gasteiger partial charge in [-0.2, -0.15) is 5.26 Å². The molecule has 1 aliphatic rings. The Labute approximate surface area is 179 Å². The molecule has 6 heteroatoms. The molecule has 0 saturated heterocycles. The van der Waals surface area contributed by atoms with Gasteiger partial charge in [-0.25, -0.2) is 4.79 Å². The Hall–Kier alpha value is -2.91. The Morgan fingerprint density at radius 1 is 1.37 bits per heavy atom. The number of amides is 1. The second kappa shape index (κ2) is 7.73. The quantitative estimate of drug-likeness (QED) is 0.563. The fourth-order valence-electron chi connectivity index (χ4n) is 4.22. The van der Waals surface area contributed by atoms with Crippen LogP contribution >= 0.6 is 11.3 Å². The Morgan fingerprint density at radius 3 is 2.87 bits per heavy atom. The van der Waals surface area contributed by atoms with E-state index in [9.17, 15) is 14.9 Å². The largest absolute Gasteiger partial charge is 0.423 e. The molecule has 154 valence electrons. The van der Waals surface area contributed by atoms with E-state index in [0.717, 1.165) is 31.2 Å². The molecular weight excluding hydrogens is 396 g/mol. The van der Waals surface area contributed by atoms with Gasteiger partial charge in [0.15, 0.2) is 0 Å². The second-order valence-electron chi connectivity index (χ2n) is 8.53. The van der Waals surface area contributed by atoms with E-state index >= 15 is 0 Å². The molecule has 0 fully saturated rings. The average molecular weight is 421 g/mol. The third-order valence-electron chi connectivity index (χ3n) is 6.52. The average Bonchev–Trinajstić information content (AvgIpc) is 3.09. The lowest BCUT2D eigenvalue weighted by Gasteiger charge is -2.36. The summed E-state index contributed by atoms with van der Waals surface area (Å²) in [6.07, 6.45) is 3.95. The van der Waals surface area contributed by atoms with E-state index in [4.69, 9.17) is 4.42 Å². The lowest BCUT2D eigenvalue weighted by molar-refractivity contribution is 0.102. The second-order valence-corrected chi connectivity index (χ2v) is 9.64. The molecule has 0 radical (unpaired) electrons. The molecule has 0 aliphatic heterocycles. The van der Waals surface area contributed by atoms with Crippen LogP contribution < -0.4 is 10.9 Å². The summed E-state index contributed by atoms with van der Waals surface area (Å²) in [7, 11) is 0. The Bertz CT molecular complexity index is 1230. The number of rotatable bonds is 4. The molecule has 4 rings (SSSR count). The van der Waals surface area contributed by atoms with Crippen LogP contribution in [0.15, 0.2) is 39.5 Å². The van der Waals surface area contributed by atoms with Crippen molar-refractivity contribution in [3.8, 4) is 6.07 Å². The van der Waals surface area contributed by atoms with Gasteiger partial charge in [-0.3, -0.25) is 4.79 Å². The van der Waals surface area contributed by atoms with Crippen molar-refractivity contribution in [1.82, 2.24) is 0 Å². The van der Waals surface area contributed by atoms with Crippen molar-refractivity contribution in [2.45, 2.75) is 46.5 Å². The highest BCUT2D eigenvalue weighted by atomic mass is 32.1. The molecule has 0 saturated carbocycles. The van der Waals surface area contributed by atoms with Gasteiger partial charge in [0.05, 0.1) is 11.1 Å². The molecule has 2 heterocycles. The zero-order valence-electron chi connectivity index (χ0n) is 17.4. The van der Waals surface area contributed by atoms with E-state index in [-0.39, 0.29) is 11.0 Å². The number of nitrogens with zero attached hydrogens (tertiary/aromatic N) is 1. The smallest absolute Gasteiger partial charge is 0.337 e. The Kier molecular flexibility index (Phi) is 5.25. The monoisotopic (exact) mass is 420 g/mol. The van der Waals surface area contributed by atoms with E-state index in [1.165, 1.54) is 22.3 Å². The van der Waals surface area contributed by atoms with Gasteiger partial charge in [-0.05, 0) is 42.2 Å². The van der Waals surface area contributed by atoms with Crippen LogP contribution in [0, 0.1) is 22.7 Å². The standard InChI is InChI=1S/C24H24N2O3S/c1-4-24(2,3)14-9-10-16-18(13-25)23(30-20(16)11-14)26-22(28)17-12-21(27)29-19-8-6-5-7-15(17)19/h5-8,12,14H,4,9-11H2,1-3H3,(H,26,28)/t14-/m1/s1. The number of hydrogen-bond acceptors (Lipinski definition) is 5. The maximum absolute atomic E-state index is 13.0. The molecule has 0 unspecified atom stereocenters. The van der Waals surface area contributed by atoms with Gasteiger partial charge in [0.2, 0.25) is 0 Å². The third kappa shape index (κ3) is 3.54. The molecule has 1 aliphatic carbocycles. The molecule has 0 spiro atoms. The number of anilines is 1. The van der Waals surface area contributed by atoms with Gasteiger partial charge >= 0.3 is 5.63 Å². The number of fused-ring (bicyclic) bond motifs is 2. The summed E-state index contributed by atoms with van der Waals surface area (Å²) in [5.41, 5.74) is 1.92. The van der Waals surface area contributed by atoms with Crippen molar-refractivity contribution in [3.63, 3.8) is 0 Å². The lowest BCUT2D eigenvalue weighted by Crippen LogP contribution is -2.28. The maximum Gasteiger partial charge on any atom is 0.337 e. The van der Waals surface area contributed by atoms with Crippen molar-refractivity contribution in [2.75, 3.05) is 5.32 Å². The summed E-state index contributed by atoms with van der Waals surface area (Å²) in [6.45, 7) is 6.82. The molecule has 3 aromatic rings. The van der Waals surface area contributed by atoms with Gasteiger partial charge in [0.1, 0.15) is 16.7 Å². The fourth-order valence-corrected chi connectivity index (χ4v) is 5.49. The number of carbonyl (C=O) groups is 1. The molecule has 30 heavy (non-hydrogen) atoms. The van der Waals surface area contributed by atoms with Crippen LogP contribution in [0.5, 0.6) is 0 Å². The number of thiophene rings is 1. The van der Waals surface area contributed by atoms with Crippen molar-refractivity contribution in [1.29, 1.82) is 5.26 Å². The van der Waals surface area contributed by atoms with Gasteiger partial charge in [0, 0.05) is 16.3 Å². The summed E-state index contributed by atoms with van der Waals surface area (Å²) in [5.74, 6) is 0.158. The van der Waals surface area contributed by atoms with Crippen molar-refractivity contribution < 1.29 is 9.21 Å². The lowest BCUT2D eigenvalue weighted by atomic mass is 9.69. The maximum atomic E-state index is 13.0. The van der Waals surface area contributed by atoms with Crippen molar-refractivity contribution >= 4 is 33.2 Å². The predicted octanol–water partition coefficient (Wildman–Crippen LogP) is 5.52. The first-order chi connectivity index (χ1) is 14.3. The first kappa shape index (κ1) is 20.4. The van der Waals surface area contributed by atoms with E-state index in [1.807, 2.05) is 0 Å². The SMILES string of the molecule is CCC(C)(C)[C@@H]1CCc2c(sc(NC(=O)c3cc(=O)oc4ccccc34)c2C#N)C1. The van der Waals surface area contributed by atoms with Crippen LogP contribution in [0.25, 0.3) is 11.0 Å². The first-order valence-corrected chi connectivity index (χ1v) is 11.0. The van der Waals surface area contributed by atoms with Gasteiger partial charge in [0.25, 0.3) is 5.91 Å². The molecule has 0 bridgehead atoms. The highest BCUT2D eigenvalue weighted by Gasteiger charge is 2.34. The third-order valence-corrected chi connectivity index (χ3v) is 7.68. The zero-order valence-corrected chi connectivity index (χ0v) is 18.2. The number of benzene rings is 1. The fraction of sp³-hybridized carbons (Fsp3) is 0.375. The van der Waals surface area contributed by atoms with E-state index in [0.29, 0.717) is 27.5 Å². The summed E-state index contributed by atoms with van der Waals surface area (Å²) >= 11 is 1.49. The molecule has 1 amide bonds. The first-order valence-electron chi connectivity index (χ1n) is 10.2. The number of para-hydroxylation sites is 1. The molecular formula is C24H24N2O3S. The molecule has 1 N–H and O–H groups in total. The molecule has 1 aromatic carbocycles. The minimum absolute atomic E-state index is 0.245. The normalized spacial score (nSPS) is 16.1. The number of hydrogen-bond donors (Lipinski definition) is 1. The summed E-state index contributed by atoms with van der Waals surface area (Å²) < 4.78 is 5.18. The van der Waals surface area contributed by atoms with Crippen molar-refractivity contribution in [3.05, 3.63) is 62.3 Å². The van der Waals surface area contributed by atoms with Crippen LogP contribution in [-0.4, -0.2) is 5.91 Å². The van der Waals surface area contributed by atoms with Crippen LogP contribution in [0.2, 0.25) is 0 Å². The van der Waals surface area contributed by atoms with Crippen LogP contribution in [0.4, 0.5) is 5.00 Å². The number of nitriles is 1. The predicted molar refractivity (Wildman–Crippen MR) is 119 cm³/mol. The summed E-state index contributed by atoms with van der Waals surface area (Å²) in [5, 5.41) is 13.8. The van der Waals surface area contributed by atoms with Crippen LogP contribution in [0.1, 0.15) is 60.0 Å². The zero-order chi connectivity index (χ0) is 21.5. The molecule has 1 atom stereocenters. The number of nitrogens with one attached hydrogen (secondary N) is 1. The van der Waals surface area contributed by atoms with Gasteiger partial charge in [-0.15, -0.1) is 11.3 Å². The topological polar surface area (TPSA) is 83.1 Å². The minimum atomic E-state index is -0.575. The Balaban J connectivity index is 1.68. The molecule has 5 nitrogen and oxygen atoms in total. The van der Waals surface area contributed by atoms with Crippen molar-refractivity contribution in [2.24, 2.45) is 11.3 Å². The van der Waals surface area contributed by atoms with E-state index < -0.39 is 11.5 Å². The van der Waals surface area contributed by atoms with Gasteiger partial charge in [-0.1, -0.05) is 45.4 Å². The number of carbonyl (C=O) groups excluding carboxylic acids is 1. The Morgan fingerprint density at radius 2 is 2.13 bits per heavy atom. The van der Waals surface area contributed by atoms with Gasteiger partial charge < -0.3 is 9.73 Å². The van der Waals surface area contributed by atoms with E-state index in [2.05, 4.69) is 32.2 Å². The molecule has 2 aromatic heterocycles.